The highest BCUT2D eigenvalue weighted by atomic mass is 16.5. The minimum absolute atomic E-state index is 0.0538. The quantitative estimate of drug-likeness (QED) is 0.538. The summed E-state index contributed by atoms with van der Waals surface area (Å²) in [6.07, 6.45) is 2.15. The van der Waals surface area contributed by atoms with Gasteiger partial charge in [0.2, 0.25) is 0 Å². The molecule has 1 unspecified atom stereocenters. The molecule has 164 valence electrons. The molecule has 3 N–H and O–H groups in total. The molecule has 5 heteroatoms. The van der Waals surface area contributed by atoms with Crippen molar-refractivity contribution in [2.75, 3.05) is 6.61 Å². The van der Waals surface area contributed by atoms with Crippen LogP contribution in [0.2, 0.25) is 0 Å². The van der Waals surface area contributed by atoms with E-state index in [2.05, 4.69) is 19.2 Å². The molecule has 2 rings (SSSR count). The third-order valence-electron chi connectivity index (χ3n) is 5.03. The fourth-order valence-electron chi connectivity index (χ4n) is 3.28. The number of aliphatic hydroxyl groups is 2. The number of nitrogens with one attached hydrogen (secondary N) is 1. The fraction of sp³-hybridized carbons (Fsp3) is 0.480. The van der Waals surface area contributed by atoms with Gasteiger partial charge in [0.1, 0.15) is 5.75 Å². The number of amides is 1. The molecule has 3 atom stereocenters. The predicted molar refractivity (Wildman–Crippen MR) is 119 cm³/mol. The highest BCUT2D eigenvalue weighted by Gasteiger charge is 2.37. The van der Waals surface area contributed by atoms with Crippen molar-refractivity contribution < 1.29 is 23.9 Å². The summed E-state index contributed by atoms with van der Waals surface area (Å²) in [5, 5.41) is 24.4. The van der Waals surface area contributed by atoms with Crippen molar-refractivity contribution in [2.45, 2.75) is 64.6 Å². The van der Waals surface area contributed by atoms with Crippen LogP contribution in [0.15, 0.2) is 54.6 Å². The summed E-state index contributed by atoms with van der Waals surface area (Å²) in [7, 11) is 0. The first kappa shape index (κ1) is 19.6. The zero-order valence-electron chi connectivity index (χ0n) is 21.2. The Morgan fingerprint density at radius 2 is 1.77 bits per heavy atom. The van der Waals surface area contributed by atoms with E-state index in [-0.39, 0.29) is 5.56 Å². The summed E-state index contributed by atoms with van der Waals surface area (Å²) < 4.78 is 29.3. The number of hydrogen-bond acceptors (Lipinski definition) is 4. The third-order valence-corrected chi connectivity index (χ3v) is 5.03. The lowest BCUT2D eigenvalue weighted by Crippen LogP contribution is -2.49. The lowest BCUT2D eigenvalue weighted by Gasteiger charge is -2.33. The summed E-state index contributed by atoms with van der Waals surface area (Å²) >= 11 is 0. The molecule has 0 aromatic heterocycles. The number of hydrogen-bond donors (Lipinski definition) is 3. The minimum Gasteiger partial charge on any atom is -0.493 e. The Balaban J connectivity index is 2.29. The van der Waals surface area contributed by atoms with Gasteiger partial charge in [-0.1, -0.05) is 62.7 Å². The van der Waals surface area contributed by atoms with E-state index in [1.54, 1.807) is 42.5 Å². The van der Waals surface area contributed by atoms with Crippen molar-refractivity contribution >= 4 is 5.91 Å². The molecule has 0 radical (unpaired) electrons. The first-order chi connectivity index (χ1) is 15.3. The largest absolute Gasteiger partial charge is 0.493 e. The van der Waals surface area contributed by atoms with Crippen molar-refractivity contribution in [3.63, 3.8) is 0 Å². The van der Waals surface area contributed by atoms with Crippen LogP contribution in [0.3, 0.4) is 0 Å². The second-order valence-electron chi connectivity index (χ2n) is 8.41. The van der Waals surface area contributed by atoms with E-state index in [0.717, 1.165) is 12.8 Å². The second-order valence-corrected chi connectivity index (χ2v) is 8.41. The van der Waals surface area contributed by atoms with Gasteiger partial charge in [-0.25, -0.2) is 0 Å². The van der Waals surface area contributed by atoms with Crippen LogP contribution in [0.4, 0.5) is 0 Å². The smallest absolute Gasteiger partial charge is 0.256 e. The summed E-state index contributed by atoms with van der Waals surface area (Å²) in [5.41, 5.74) is -3.73. The van der Waals surface area contributed by atoms with E-state index >= 15 is 0 Å². The molecule has 0 bridgehead atoms. The van der Waals surface area contributed by atoms with Crippen LogP contribution in [0.1, 0.15) is 68.7 Å². The highest BCUT2D eigenvalue weighted by molar-refractivity contribution is 5.86. The second kappa shape index (κ2) is 10.1. The standard InChI is InChI=1S/C25H35NO4/c1-6-10-18(2)17-30-21-15-13-19(14-16-21)22(24(3,4)28)26-23(27)25(5,29)20-11-8-7-9-12-20/h7-9,11-16,18,22,28-29H,6,10,17H2,1-5H3,(H,26,27)/t18?,22-,25+/m1/s1/i5D3. The van der Waals surface area contributed by atoms with E-state index in [9.17, 15) is 15.0 Å². The van der Waals surface area contributed by atoms with Crippen LogP contribution < -0.4 is 10.1 Å². The van der Waals surface area contributed by atoms with Crippen LogP contribution in [0, 0.1) is 5.92 Å². The average molecular weight is 417 g/mol. The van der Waals surface area contributed by atoms with Gasteiger partial charge in [-0.05, 0) is 56.3 Å². The number of carbonyl (C=O) groups excluding carboxylic acids is 1. The van der Waals surface area contributed by atoms with E-state index in [1.807, 2.05) is 0 Å². The number of benzene rings is 2. The van der Waals surface area contributed by atoms with Gasteiger partial charge in [0.25, 0.3) is 5.91 Å². The Labute approximate surface area is 184 Å². The lowest BCUT2D eigenvalue weighted by molar-refractivity contribution is -0.141. The van der Waals surface area contributed by atoms with Crippen LogP contribution in [0.5, 0.6) is 5.75 Å². The van der Waals surface area contributed by atoms with Crippen LogP contribution in [0.25, 0.3) is 0 Å². The van der Waals surface area contributed by atoms with Crippen molar-refractivity contribution in [3.05, 3.63) is 65.7 Å². The predicted octanol–water partition coefficient (Wildman–Crippen LogP) is 4.34. The maximum Gasteiger partial charge on any atom is 0.256 e. The topological polar surface area (TPSA) is 78.8 Å². The normalized spacial score (nSPS) is 17.6. The van der Waals surface area contributed by atoms with Gasteiger partial charge in [-0.2, -0.15) is 0 Å². The zero-order valence-corrected chi connectivity index (χ0v) is 18.2. The summed E-state index contributed by atoms with van der Waals surface area (Å²) in [4.78, 5) is 13.2. The summed E-state index contributed by atoms with van der Waals surface area (Å²) in [6, 6.07) is 13.5. The maximum atomic E-state index is 13.2. The molecular formula is C25H35NO4. The van der Waals surface area contributed by atoms with E-state index in [4.69, 9.17) is 8.85 Å². The number of ether oxygens (including phenoxy) is 1. The zero-order chi connectivity index (χ0) is 24.9. The molecule has 1 amide bonds. The van der Waals surface area contributed by atoms with Gasteiger partial charge in [-0.3, -0.25) is 4.79 Å². The van der Waals surface area contributed by atoms with E-state index < -0.39 is 30.0 Å². The lowest BCUT2D eigenvalue weighted by atomic mass is 9.89. The van der Waals surface area contributed by atoms with Crippen LogP contribution >= 0.6 is 0 Å². The maximum absolute atomic E-state index is 13.2. The Morgan fingerprint density at radius 3 is 2.30 bits per heavy atom. The van der Waals surface area contributed by atoms with Crippen molar-refractivity contribution in [3.8, 4) is 5.75 Å². The SMILES string of the molecule is [2H]C([2H])([2H])[C@@](O)(C(=O)N[C@H](c1ccc(OCC(C)CCC)cc1)C(C)(C)O)c1ccccc1. The van der Waals surface area contributed by atoms with Crippen molar-refractivity contribution in [1.29, 1.82) is 0 Å². The molecule has 0 aliphatic carbocycles. The van der Waals surface area contributed by atoms with Gasteiger partial charge in [-0.15, -0.1) is 0 Å². The molecule has 2 aromatic rings. The monoisotopic (exact) mass is 416 g/mol. The number of carbonyl (C=O) groups is 1. The average Bonchev–Trinajstić information content (AvgIpc) is 2.75. The summed E-state index contributed by atoms with van der Waals surface area (Å²) in [5.74, 6) is -0.0333. The van der Waals surface area contributed by atoms with Crippen LogP contribution in [-0.4, -0.2) is 28.3 Å². The van der Waals surface area contributed by atoms with Gasteiger partial charge >= 0.3 is 0 Å². The Bertz CT molecular complexity index is 895. The fourth-order valence-corrected chi connectivity index (χ4v) is 3.28. The Morgan fingerprint density at radius 1 is 1.13 bits per heavy atom. The molecule has 30 heavy (non-hydrogen) atoms. The molecule has 0 fully saturated rings. The van der Waals surface area contributed by atoms with Crippen molar-refractivity contribution in [2.24, 2.45) is 5.92 Å². The molecule has 0 saturated heterocycles. The molecular weight excluding hydrogens is 378 g/mol. The van der Waals surface area contributed by atoms with Gasteiger partial charge < -0.3 is 20.3 Å². The molecule has 0 heterocycles. The molecule has 0 aliphatic rings. The molecule has 0 spiro atoms. The first-order valence-corrected chi connectivity index (χ1v) is 10.3. The minimum atomic E-state index is -3.03. The van der Waals surface area contributed by atoms with E-state index in [0.29, 0.717) is 23.8 Å². The molecule has 5 nitrogen and oxygen atoms in total. The highest BCUT2D eigenvalue weighted by Crippen LogP contribution is 2.29. The Hall–Kier alpha value is -2.37. The van der Waals surface area contributed by atoms with Gasteiger partial charge in [0.05, 0.1) is 18.2 Å². The van der Waals surface area contributed by atoms with Crippen molar-refractivity contribution in [1.82, 2.24) is 5.32 Å². The van der Waals surface area contributed by atoms with E-state index in [1.165, 1.54) is 26.0 Å². The number of rotatable bonds is 10. The first-order valence-electron chi connectivity index (χ1n) is 11.8. The molecule has 2 aromatic carbocycles. The molecule has 0 saturated carbocycles. The molecule has 0 aliphatic heterocycles. The van der Waals surface area contributed by atoms with Crippen LogP contribution in [-0.2, 0) is 10.4 Å². The summed E-state index contributed by atoms with van der Waals surface area (Å²) in [6.45, 7) is 4.81. The van der Waals surface area contributed by atoms with Gasteiger partial charge in [0, 0.05) is 4.11 Å². The van der Waals surface area contributed by atoms with Gasteiger partial charge in [0.15, 0.2) is 5.60 Å². The third kappa shape index (κ3) is 6.31. The Kier molecular flexibility index (Phi) is 6.59.